The Balaban J connectivity index is 0.000000188. The number of ether oxygens (including phenoxy) is 2. The number of carbonyl (C=O) groups is 6. The van der Waals surface area contributed by atoms with E-state index in [0.717, 1.165) is 48.1 Å². The van der Waals surface area contributed by atoms with Crippen molar-refractivity contribution in [2.45, 2.75) is 190 Å². The Morgan fingerprint density at radius 1 is 0.698 bits per heavy atom. The Kier molecular flexibility index (Phi) is 21.4. The van der Waals surface area contributed by atoms with Crippen molar-refractivity contribution in [1.29, 1.82) is 0 Å². The zero-order valence-electron chi connectivity index (χ0n) is 59.6. The number of hydrogen-bond acceptors (Lipinski definition) is 20. The molecule has 0 spiro atoms. The Morgan fingerprint density at radius 3 is 1.67 bits per heavy atom. The molecular formula is C74H86ClF3N10O14S4. The van der Waals surface area contributed by atoms with Crippen LogP contribution in [-0.2, 0) is 68.2 Å². The van der Waals surface area contributed by atoms with Gasteiger partial charge in [-0.05, 0) is 137 Å². The van der Waals surface area contributed by atoms with Crippen LogP contribution < -0.4 is 18.9 Å². The molecule has 8 aliphatic rings. The summed E-state index contributed by atoms with van der Waals surface area (Å²) < 4.78 is 109. The molecule has 6 amide bonds. The van der Waals surface area contributed by atoms with Crippen molar-refractivity contribution in [3.05, 3.63) is 105 Å². The van der Waals surface area contributed by atoms with Crippen molar-refractivity contribution in [3.63, 3.8) is 0 Å². The molecule has 4 aliphatic carbocycles. The minimum absolute atomic E-state index is 0.00689. The van der Waals surface area contributed by atoms with Gasteiger partial charge in [-0.3, -0.25) is 38.2 Å². The molecule has 6 fully saturated rings. The van der Waals surface area contributed by atoms with Gasteiger partial charge in [0.25, 0.3) is 0 Å². The average Bonchev–Trinajstić information content (AvgIpc) is 1.57. The number of likely N-dealkylation sites (N-methyl/N-ethyl adjacent to an activating group) is 2. The van der Waals surface area contributed by atoms with E-state index in [1.165, 1.54) is 27.2 Å². The standard InChI is InChI=1S/C37H44ClN5O7S2.C37H42F3N5O7S2/c1-21(2)28-20-51-34(40-28)27-15-30(26-12-9-22(19-44)32(38)33(26)39-27)50-24-14-29-35(46)42(3)13-7-5-4-6-8-23-16-37(23,17-31(45)43(29)18-24)36(47)41-52(48,49)25-10-11-25;1-21-22(19-46)9-10-25-28(15-26(41-31(21)25)32-42-29(20-53-32)37(38,39)40)52-24-14-27-33(48)44(3)13-7-5-4-6-8-23-16-36(23,17-30(47)45(27)18-24)34(49)43-54(50,51)35(2)11-12-35/h6,8-9,12,15,20-21,23-25,29,44H,4-5,7,10-11,13-14,16-19H2,1-3H3,(H,41,47);6,8-10,15,20,23-24,27,46H,4-5,7,11-14,16-19H2,1-3H3,(H,43,49)/b2*8-6-/t23-,24+,29+,37-;23-,24+,27+,36-/m11/s1. The monoisotopic (exact) mass is 1560 g/mol. The SMILES string of the molecule is CC(C)c1csc(-c2cc(O[C@H]3C[C@H]4C(=O)N(C)CCCC/C=C\[C@@H]5C[C@@]5(C(=O)NS(=O)(=O)C5CC5)CC(=O)N4C3)c3ccc(CO)c(Cl)c3n2)n1.Cc1c(CO)ccc2c(O[C@H]3C[C@H]4C(=O)N(C)CCCC/C=C\[C@@H]5C[C@@]5(C(=O)NS(=O)(=O)C5(C)CC5)CC(=O)N4C3)cc(-c3nc(C(F)(F)F)cs3)nc12. The zero-order valence-corrected chi connectivity index (χ0v) is 63.6. The van der Waals surface area contributed by atoms with Gasteiger partial charge in [0.2, 0.25) is 55.5 Å². The van der Waals surface area contributed by atoms with Gasteiger partial charge < -0.3 is 39.3 Å². The highest BCUT2D eigenvalue weighted by Crippen LogP contribution is 2.59. The Bertz CT molecular complexity index is 4800. The molecule has 14 rings (SSSR count). The largest absolute Gasteiger partial charge is 0.488 e. The van der Waals surface area contributed by atoms with Crippen LogP contribution in [0.1, 0.15) is 158 Å². The number of halogens is 4. The van der Waals surface area contributed by atoms with Gasteiger partial charge in [-0.25, -0.2) is 36.8 Å². The van der Waals surface area contributed by atoms with Gasteiger partial charge in [0.1, 0.15) is 57.2 Å². The summed E-state index contributed by atoms with van der Waals surface area (Å²) >= 11 is 8.99. The van der Waals surface area contributed by atoms with Crippen LogP contribution in [0.3, 0.4) is 0 Å². The van der Waals surface area contributed by atoms with Crippen LogP contribution in [0.25, 0.3) is 43.2 Å². The number of aryl methyl sites for hydroxylation is 1. The molecule has 32 heteroatoms. The number of carbonyl (C=O) groups excluding carboxylic acids is 6. The molecule has 2 aromatic carbocycles. The maximum atomic E-state index is 14.3. The minimum atomic E-state index is -4.66. The number of aliphatic hydroxyl groups is 2. The molecule has 24 nitrogen and oxygen atoms in total. The van der Waals surface area contributed by atoms with Gasteiger partial charge in [-0.15, -0.1) is 22.7 Å². The zero-order chi connectivity index (χ0) is 75.7. The number of nitrogens with one attached hydrogen (secondary N) is 2. The number of benzene rings is 2. The summed E-state index contributed by atoms with van der Waals surface area (Å²) in [5.41, 5.74) is 0.523. The highest BCUT2D eigenvalue weighted by Gasteiger charge is 2.64. The summed E-state index contributed by atoms with van der Waals surface area (Å²) in [6, 6.07) is 8.40. The molecule has 2 saturated heterocycles. The third kappa shape index (κ3) is 15.5. The fourth-order valence-electron chi connectivity index (χ4n) is 14.7. The molecule has 568 valence electrons. The van der Waals surface area contributed by atoms with Crippen molar-refractivity contribution in [3.8, 4) is 32.9 Å². The van der Waals surface area contributed by atoms with E-state index in [2.05, 4.69) is 33.3 Å². The normalized spacial score (nSPS) is 26.4. The molecule has 6 aromatic rings. The van der Waals surface area contributed by atoms with Crippen LogP contribution >= 0.6 is 34.3 Å². The van der Waals surface area contributed by atoms with E-state index in [0.29, 0.717) is 118 Å². The summed E-state index contributed by atoms with van der Waals surface area (Å²) in [5, 5.41) is 24.3. The van der Waals surface area contributed by atoms with E-state index in [1.54, 1.807) is 68.1 Å². The first kappa shape index (κ1) is 76.5. The summed E-state index contributed by atoms with van der Waals surface area (Å²) in [5.74, 6) is -2.49. The molecule has 4 N–H and O–H groups in total. The number of pyridine rings is 2. The highest BCUT2D eigenvalue weighted by atomic mass is 35.5. The lowest BCUT2D eigenvalue weighted by Gasteiger charge is -2.29. The molecule has 4 aliphatic heterocycles. The van der Waals surface area contributed by atoms with Gasteiger partial charge in [0, 0.05) is 86.5 Å². The van der Waals surface area contributed by atoms with Gasteiger partial charge >= 0.3 is 6.18 Å². The van der Waals surface area contributed by atoms with Gasteiger partial charge in [-0.2, -0.15) is 13.2 Å². The first-order valence-corrected chi connectivity index (χ1v) is 41.1. The quantitative estimate of drug-likeness (QED) is 0.0694. The Hall–Kier alpha value is -7.68. The number of thiazole rings is 2. The predicted molar refractivity (Wildman–Crippen MR) is 392 cm³/mol. The summed E-state index contributed by atoms with van der Waals surface area (Å²) in [6.07, 6.45) is 8.61. The van der Waals surface area contributed by atoms with E-state index in [1.807, 2.05) is 29.7 Å². The molecular weight excluding hydrogens is 1470 g/mol. The second-order valence-corrected chi connectivity index (χ2v) is 36.3. The van der Waals surface area contributed by atoms with Crippen molar-refractivity contribution >= 4 is 112 Å². The van der Waals surface area contributed by atoms with E-state index in [9.17, 15) is 69.0 Å². The predicted octanol–water partition coefficient (Wildman–Crippen LogP) is 10.3. The maximum Gasteiger partial charge on any atom is 0.434 e. The molecule has 8 heterocycles. The minimum Gasteiger partial charge on any atom is -0.488 e. The second-order valence-electron chi connectivity index (χ2n) is 30.1. The first-order valence-electron chi connectivity index (χ1n) is 35.9. The number of aliphatic hydroxyl groups excluding tert-OH is 2. The third-order valence-corrected chi connectivity index (χ3v) is 28.3. The number of fused-ring (bicyclic) bond motifs is 6. The van der Waals surface area contributed by atoms with Crippen LogP contribution in [0.15, 0.2) is 71.5 Å². The smallest absolute Gasteiger partial charge is 0.434 e. The Labute approximate surface area is 625 Å². The number of allylic oxidation sites excluding steroid dienone is 4. The van der Waals surface area contributed by atoms with Crippen molar-refractivity contribution in [2.75, 3.05) is 40.3 Å². The lowest BCUT2D eigenvalue weighted by atomic mass is 9.96. The molecule has 0 unspecified atom stereocenters. The lowest BCUT2D eigenvalue weighted by molar-refractivity contribution is -0.145. The van der Waals surface area contributed by atoms with E-state index >= 15 is 0 Å². The van der Waals surface area contributed by atoms with E-state index in [4.69, 9.17) is 31.0 Å². The number of sulfonamides is 2. The van der Waals surface area contributed by atoms with Crippen molar-refractivity contribution < 1.29 is 78.5 Å². The molecule has 8 atom stereocenters. The second kappa shape index (κ2) is 29.7. The van der Waals surface area contributed by atoms with Crippen molar-refractivity contribution in [2.24, 2.45) is 22.7 Å². The highest BCUT2D eigenvalue weighted by molar-refractivity contribution is 7.91. The number of rotatable bonds is 15. The van der Waals surface area contributed by atoms with E-state index < -0.39 is 101 Å². The van der Waals surface area contributed by atoms with Crippen molar-refractivity contribution in [1.82, 2.24) is 49.0 Å². The summed E-state index contributed by atoms with van der Waals surface area (Å²) in [6.45, 7) is 7.90. The van der Waals surface area contributed by atoms with Crippen LogP contribution in [0.2, 0.25) is 5.02 Å². The number of hydrogen-bond donors (Lipinski definition) is 4. The van der Waals surface area contributed by atoms with Gasteiger partial charge in [0.05, 0.1) is 68.9 Å². The number of aromatic nitrogens is 4. The Morgan fingerprint density at radius 2 is 1.19 bits per heavy atom. The summed E-state index contributed by atoms with van der Waals surface area (Å²) in [4.78, 5) is 108. The number of nitrogens with zero attached hydrogens (tertiary/aromatic N) is 8. The van der Waals surface area contributed by atoms with Gasteiger partial charge in [0.15, 0.2) is 5.69 Å². The van der Waals surface area contributed by atoms with Crippen LogP contribution in [-0.4, -0.2) is 177 Å². The van der Waals surface area contributed by atoms with E-state index in [-0.39, 0.29) is 104 Å². The fraction of sp³-hybridized carbons (Fsp3) is 0.541. The van der Waals surface area contributed by atoms with Crippen LogP contribution in [0, 0.1) is 29.6 Å². The fourth-order valence-corrected chi connectivity index (χ4v) is 19.4. The number of amides is 6. The molecule has 0 bridgehead atoms. The van der Waals surface area contributed by atoms with Crippen LogP contribution in [0.4, 0.5) is 13.2 Å². The third-order valence-electron chi connectivity index (χ3n) is 22.1. The first-order chi connectivity index (χ1) is 50.3. The topological polar surface area (TPSA) is 318 Å². The number of alkyl halides is 3. The average molecular weight is 1560 g/mol. The lowest BCUT2D eigenvalue weighted by Crippen LogP contribution is -2.49. The van der Waals surface area contributed by atoms with Gasteiger partial charge in [-0.1, -0.05) is 61.9 Å². The molecule has 106 heavy (non-hydrogen) atoms. The van der Waals surface area contributed by atoms with Crippen LogP contribution in [0.5, 0.6) is 11.5 Å². The molecule has 4 saturated carbocycles. The maximum absolute atomic E-state index is 14.3. The molecule has 0 radical (unpaired) electrons. The summed E-state index contributed by atoms with van der Waals surface area (Å²) in [7, 11) is -4.38. The molecule has 4 aromatic heterocycles.